The van der Waals surface area contributed by atoms with Gasteiger partial charge in [-0.3, -0.25) is 0 Å². The summed E-state index contributed by atoms with van der Waals surface area (Å²) < 4.78 is 40.5. The number of imidazole rings is 1. The Morgan fingerprint density at radius 2 is 1.89 bits per heavy atom. The smallest absolute Gasteiger partial charge is 0.371 e. The maximum absolute atomic E-state index is 12.8. The van der Waals surface area contributed by atoms with Crippen LogP contribution in [0, 0.1) is 12.8 Å². The number of pyridine rings is 1. The van der Waals surface area contributed by atoms with Crippen molar-refractivity contribution in [2.75, 3.05) is 23.3 Å². The second-order valence-corrected chi connectivity index (χ2v) is 7.04. The van der Waals surface area contributed by atoms with Crippen LogP contribution in [-0.4, -0.2) is 28.7 Å². The van der Waals surface area contributed by atoms with Crippen LogP contribution in [0.15, 0.2) is 48.9 Å². The van der Waals surface area contributed by atoms with Gasteiger partial charge >= 0.3 is 6.18 Å². The average molecular weight is 374 g/mol. The lowest BCUT2D eigenvalue weighted by atomic mass is 9.96. The quantitative estimate of drug-likeness (QED) is 0.687. The number of hydrogen-bond acceptors (Lipinski definition) is 3. The monoisotopic (exact) mass is 374 g/mol. The number of aryl methyl sites for hydroxylation is 1. The third-order valence-electron chi connectivity index (χ3n) is 5.20. The molecule has 0 aliphatic carbocycles. The van der Waals surface area contributed by atoms with Crippen LogP contribution in [0.3, 0.4) is 0 Å². The molecule has 1 N–H and O–H groups in total. The number of piperidine rings is 1. The Morgan fingerprint density at radius 1 is 1.11 bits per heavy atom. The maximum Gasteiger partial charge on any atom is 0.391 e. The zero-order chi connectivity index (χ0) is 19.0. The van der Waals surface area contributed by atoms with Crippen LogP contribution in [0.2, 0.25) is 0 Å². The van der Waals surface area contributed by atoms with Crippen molar-refractivity contribution >= 4 is 22.7 Å². The van der Waals surface area contributed by atoms with E-state index in [2.05, 4.69) is 10.3 Å². The molecule has 2 aromatic heterocycles. The molecule has 0 saturated carbocycles. The van der Waals surface area contributed by atoms with Crippen molar-refractivity contribution in [1.29, 1.82) is 0 Å². The average Bonchev–Trinajstić information content (AvgIpc) is 3.10. The summed E-state index contributed by atoms with van der Waals surface area (Å²) in [6, 6.07) is 9.90. The number of anilines is 3. The number of hydrogen-bond donors (Lipinski definition) is 1. The molecule has 4 nitrogen and oxygen atoms in total. The van der Waals surface area contributed by atoms with Crippen molar-refractivity contribution in [3.8, 4) is 0 Å². The lowest BCUT2D eigenvalue weighted by Gasteiger charge is -2.34. The summed E-state index contributed by atoms with van der Waals surface area (Å²) in [5.74, 6) is -1.17. The van der Waals surface area contributed by atoms with Gasteiger partial charge in [-0.25, -0.2) is 4.98 Å². The van der Waals surface area contributed by atoms with Gasteiger partial charge in [-0.1, -0.05) is 0 Å². The van der Waals surface area contributed by atoms with Crippen LogP contribution in [0.4, 0.5) is 30.2 Å². The third-order valence-corrected chi connectivity index (χ3v) is 5.20. The molecule has 1 aliphatic heterocycles. The Morgan fingerprint density at radius 3 is 2.59 bits per heavy atom. The first kappa shape index (κ1) is 17.7. The lowest BCUT2D eigenvalue weighted by Crippen LogP contribution is -2.39. The van der Waals surface area contributed by atoms with E-state index in [1.807, 2.05) is 58.9 Å². The molecular weight excluding hydrogens is 353 g/mol. The fraction of sp³-hybridized carbons (Fsp3) is 0.350. The first-order chi connectivity index (χ1) is 12.9. The van der Waals surface area contributed by atoms with Crippen LogP contribution >= 0.6 is 0 Å². The predicted molar refractivity (Wildman–Crippen MR) is 101 cm³/mol. The zero-order valence-corrected chi connectivity index (χ0v) is 15.0. The van der Waals surface area contributed by atoms with Gasteiger partial charge in [0.25, 0.3) is 0 Å². The number of aromatic nitrogens is 2. The molecular formula is C20H21F3N4. The molecule has 27 heavy (non-hydrogen) atoms. The van der Waals surface area contributed by atoms with E-state index in [0.29, 0.717) is 13.1 Å². The summed E-state index contributed by atoms with van der Waals surface area (Å²) in [6.07, 6.45) is 1.85. The highest BCUT2D eigenvalue weighted by atomic mass is 19.4. The van der Waals surface area contributed by atoms with Crippen molar-refractivity contribution in [2.24, 2.45) is 5.92 Å². The standard InChI is InChI=1S/C20H21F3N4/c1-14-12-17(26-9-6-15(7-10-26)20(21,22)23)3-4-18(14)25-16-2-5-19-24-8-11-27(19)13-16/h2-5,8,11-13,15,25H,6-7,9-10H2,1H3. The molecule has 1 aromatic carbocycles. The van der Waals surface area contributed by atoms with E-state index in [0.717, 1.165) is 28.3 Å². The highest BCUT2D eigenvalue weighted by molar-refractivity contribution is 5.67. The molecule has 0 bridgehead atoms. The molecule has 4 rings (SSSR count). The second kappa shape index (κ2) is 6.79. The van der Waals surface area contributed by atoms with Gasteiger partial charge in [0.15, 0.2) is 0 Å². The second-order valence-electron chi connectivity index (χ2n) is 7.04. The number of nitrogens with zero attached hydrogens (tertiary/aromatic N) is 3. The molecule has 7 heteroatoms. The van der Waals surface area contributed by atoms with Crippen molar-refractivity contribution in [3.05, 3.63) is 54.5 Å². The minimum Gasteiger partial charge on any atom is -0.371 e. The number of benzene rings is 1. The Balaban J connectivity index is 1.46. The molecule has 0 unspecified atom stereocenters. The Kier molecular flexibility index (Phi) is 4.45. The first-order valence-corrected chi connectivity index (χ1v) is 9.02. The minimum absolute atomic E-state index is 0.160. The van der Waals surface area contributed by atoms with Crippen LogP contribution in [0.1, 0.15) is 18.4 Å². The highest BCUT2D eigenvalue weighted by Crippen LogP contribution is 2.36. The molecule has 0 radical (unpaired) electrons. The van der Waals surface area contributed by atoms with Crippen molar-refractivity contribution < 1.29 is 13.2 Å². The molecule has 0 atom stereocenters. The van der Waals surface area contributed by atoms with Gasteiger partial charge in [-0.05, 0) is 55.7 Å². The summed E-state index contributed by atoms with van der Waals surface area (Å²) in [5.41, 5.74) is 4.83. The van der Waals surface area contributed by atoms with Crippen molar-refractivity contribution in [3.63, 3.8) is 0 Å². The van der Waals surface area contributed by atoms with Crippen LogP contribution in [-0.2, 0) is 0 Å². The molecule has 3 heterocycles. The van der Waals surface area contributed by atoms with Gasteiger partial charge in [-0.15, -0.1) is 0 Å². The molecule has 3 aromatic rings. The topological polar surface area (TPSA) is 32.6 Å². The molecule has 0 amide bonds. The fourth-order valence-corrected chi connectivity index (χ4v) is 3.60. The lowest BCUT2D eigenvalue weighted by molar-refractivity contribution is -0.179. The SMILES string of the molecule is Cc1cc(N2CCC(C(F)(F)F)CC2)ccc1Nc1ccc2nccn2c1. The molecule has 1 saturated heterocycles. The zero-order valence-electron chi connectivity index (χ0n) is 15.0. The first-order valence-electron chi connectivity index (χ1n) is 9.02. The van der Waals surface area contributed by atoms with Gasteiger partial charge in [0.05, 0.1) is 11.6 Å². The highest BCUT2D eigenvalue weighted by Gasteiger charge is 2.41. The van der Waals surface area contributed by atoms with E-state index >= 15 is 0 Å². The summed E-state index contributed by atoms with van der Waals surface area (Å²) in [5, 5.41) is 3.40. The van der Waals surface area contributed by atoms with Crippen LogP contribution in [0.5, 0.6) is 0 Å². The van der Waals surface area contributed by atoms with Gasteiger partial charge < -0.3 is 14.6 Å². The fourth-order valence-electron chi connectivity index (χ4n) is 3.60. The Bertz CT molecular complexity index is 940. The summed E-state index contributed by atoms with van der Waals surface area (Å²) in [4.78, 5) is 6.27. The number of rotatable bonds is 3. The van der Waals surface area contributed by atoms with E-state index in [-0.39, 0.29) is 12.8 Å². The summed E-state index contributed by atoms with van der Waals surface area (Å²) in [6.45, 7) is 2.88. The third kappa shape index (κ3) is 3.72. The Labute approximate surface area is 155 Å². The van der Waals surface area contributed by atoms with E-state index in [1.165, 1.54) is 0 Å². The van der Waals surface area contributed by atoms with E-state index in [1.54, 1.807) is 6.20 Å². The van der Waals surface area contributed by atoms with Crippen molar-refractivity contribution in [2.45, 2.75) is 25.9 Å². The maximum atomic E-state index is 12.8. The van der Waals surface area contributed by atoms with Crippen LogP contribution in [0.25, 0.3) is 5.65 Å². The van der Waals surface area contributed by atoms with Crippen molar-refractivity contribution in [1.82, 2.24) is 9.38 Å². The largest absolute Gasteiger partial charge is 0.391 e. The summed E-state index contributed by atoms with van der Waals surface area (Å²) in [7, 11) is 0. The van der Waals surface area contributed by atoms with E-state index in [4.69, 9.17) is 0 Å². The number of fused-ring (bicyclic) bond motifs is 1. The number of nitrogens with one attached hydrogen (secondary N) is 1. The van der Waals surface area contributed by atoms with Gasteiger partial charge in [0.2, 0.25) is 0 Å². The minimum atomic E-state index is -4.08. The predicted octanol–water partition coefficient (Wildman–Crippen LogP) is 5.17. The Hall–Kier alpha value is -2.70. The van der Waals surface area contributed by atoms with E-state index < -0.39 is 12.1 Å². The van der Waals surface area contributed by atoms with E-state index in [9.17, 15) is 13.2 Å². The molecule has 1 aliphatic rings. The molecule has 0 spiro atoms. The normalized spacial score (nSPS) is 16.1. The number of alkyl halides is 3. The molecule has 1 fully saturated rings. The van der Waals surface area contributed by atoms with Gasteiger partial charge in [0.1, 0.15) is 5.65 Å². The number of halogens is 3. The summed E-state index contributed by atoms with van der Waals surface area (Å²) >= 11 is 0. The van der Waals surface area contributed by atoms with Gasteiger partial charge in [0, 0.05) is 43.1 Å². The van der Waals surface area contributed by atoms with Gasteiger partial charge in [-0.2, -0.15) is 13.2 Å². The van der Waals surface area contributed by atoms with Crippen LogP contribution < -0.4 is 10.2 Å². The molecule has 142 valence electrons.